The van der Waals surface area contributed by atoms with Gasteiger partial charge in [0.2, 0.25) is 0 Å². The van der Waals surface area contributed by atoms with Gasteiger partial charge in [0.1, 0.15) is 5.75 Å². The number of ether oxygens (including phenoxy) is 1. The molecule has 156 valence electrons. The second kappa shape index (κ2) is 8.87. The molecule has 2 saturated heterocycles. The number of carbonyl (C=O) groups is 2. The number of hydrogen-bond acceptors (Lipinski definition) is 5. The Bertz CT molecular complexity index is 733. The first kappa shape index (κ1) is 22.1. The number of fused-ring (bicyclic) bond motifs is 2. The molecular weight excluding hydrogens is 403 g/mol. The zero-order valence-corrected chi connectivity index (χ0v) is 15.7. The maximum Gasteiger partial charge on any atom is 0.490 e. The molecule has 1 unspecified atom stereocenters. The number of anilines is 1. The van der Waals surface area contributed by atoms with Crippen LogP contribution in [0, 0.1) is 0 Å². The van der Waals surface area contributed by atoms with Crippen molar-refractivity contribution in [3.05, 3.63) is 22.7 Å². The van der Waals surface area contributed by atoms with Crippen LogP contribution in [0.15, 0.2) is 12.1 Å². The molecule has 2 heterocycles. The predicted octanol–water partition coefficient (Wildman–Crippen LogP) is 2.58. The van der Waals surface area contributed by atoms with Gasteiger partial charge in [-0.3, -0.25) is 4.79 Å². The van der Waals surface area contributed by atoms with Crippen LogP contribution in [0.2, 0.25) is 5.02 Å². The van der Waals surface area contributed by atoms with Gasteiger partial charge in [0.05, 0.1) is 23.4 Å². The first-order valence-corrected chi connectivity index (χ1v) is 8.89. The number of nitrogens with one attached hydrogen (secondary N) is 2. The van der Waals surface area contributed by atoms with Crippen LogP contribution in [0.4, 0.5) is 18.9 Å². The van der Waals surface area contributed by atoms with Gasteiger partial charge in [0, 0.05) is 24.2 Å². The molecule has 2 aliphatic rings. The predicted molar refractivity (Wildman–Crippen MR) is 96.5 cm³/mol. The molecule has 2 bridgehead atoms. The average molecular weight is 424 g/mol. The van der Waals surface area contributed by atoms with E-state index < -0.39 is 12.1 Å². The van der Waals surface area contributed by atoms with E-state index in [0.29, 0.717) is 34.1 Å². The molecule has 5 N–H and O–H groups in total. The Balaban J connectivity index is 0.000000345. The number of nitrogen functional groups attached to an aromatic ring is 1. The smallest absolute Gasteiger partial charge is 0.490 e. The van der Waals surface area contributed by atoms with Crippen LogP contribution in [0.1, 0.15) is 36.0 Å². The van der Waals surface area contributed by atoms with Gasteiger partial charge < -0.3 is 26.2 Å². The molecule has 1 amide bonds. The first-order chi connectivity index (χ1) is 13.0. The normalized spacial score (nSPS) is 23.4. The molecule has 0 spiro atoms. The van der Waals surface area contributed by atoms with Crippen molar-refractivity contribution in [2.75, 3.05) is 12.8 Å². The summed E-state index contributed by atoms with van der Waals surface area (Å²) in [6.45, 7) is 0. The van der Waals surface area contributed by atoms with E-state index in [-0.39, 0.29) is 11.9 Å². The highest BCUT2D eigenvalue weighted by Crippen LogP contribution is 2.30. The third-order valence-corrected chi connectivity index (χ3v) is 4.94. The van der Waals surface area contributed by atoms with Crippen molar-refractivity contribution in [2.45, 2.75) is 50.0 Å². The number of carbonyl (C=O) groups excluding carboxylic acids is 1. The third-order valence-electron chi connectivity index (χ3n) is 4.61. The fourth-order valence-electron chi connectivity index (χ4n) is 3.35. The van der Waals surface area contributed by atoms with E-state index in [2.05, 4.69) is 10.6 Å². The number of benzene rings is 1. The molecule has 1 aromatic rings. The van der Waals surface area contributed by atoms with Crippen molar-refractivity contribution in [3.63, 3.8) is 0 Å². The van der Waals surface area contributed by atoms with Gasteiger partial charge in [-0.05, 0) is 31.7 Å². The number of alkyl halides is 3. The minimum Gasteiger partial charge on any atom is -0.496 e. The standard InChI is InChI=1S/C15H20ClN3O2.C2HF3O2/c1-21-14-7-13(17)12(16)6-11(14)15(20)19-10-4-8-2-3-9(5-10)18-8;3-2(4,5)1(6)7/h6-10,18H,2-5,17H2,1H3,(H,19,20);(H,6,7)/t8-,9+,10?;. The molecule has 7 nitrogen and oxygen atoms in total. The lowest BCUT2D eigenvalue weighted by molar-refractivity contribution is -0.192. The topological polar surface area (TPSA) is 114 Å². The monoisotopic (exact) mass is 423 g/mol. The van der Waals surface area contributed by atoms with Crippen molar-refractivity contribution in [3.8, 4) is 5.75 Å². The van der Waals surface area contributed by atoms with Crippen molar-refractivity contribution in [1.82, 2.24) is 10.6 Å². The van der Waals surface area contributed by atoms with Gasteiger partial charge in [-0.1, -0.05) is 11.6 Å². The van der Waals surface area contributed by atoms with E-state index in [1.54, 1.807) is 12.1 Å². The third kappa shape index (κ3) is 5.65. The molecule has 1 aromatic carbocycles. The number of hydrogen-bond donors (Lipinski definition) is 4. The van der Waals surface area contributed by atoms with Crippen LogP contribution in [0.3, 0.4) is 0 Å². The summed E-state index contributed by atoms with van der Waals surface area (Å²) in [6, 6.07) is 4.43. The molecule has 2 fully saturated rings. The summed E-state index contributed by atoms with van der Waals surface area (Å²) in [5, 5.41) is 14.1. The van der Waals surface area contributed by atoms with Crippen molar-refractivity contribution < 1.29 is 32.6 Å². The molecule has 28 heavy (non-hydrogen) atoms. The highest BCUT2D eigenvalue weighted by Gasteiger charge is 2.38. The fourth-order valence-corrected chi connectivity index (χ4v) is 3.52. The Morgan fingerprint density at radius 2 is 1.82 bits per heavy atom. The number of rotatable bonds is 3. The van der Waals surface area contributed by atoms with Crippen molar-refractivity contribution in [2.24, 2.45) is 0 Å². The average Bonchev–Trinajstić information content (AvgIpc) is 2.95. The number of carboxylic acids is 1. The number of halogens is 4. The maximum atomic E-state index is 12.5. The Morgan fingerprint density at radius 1 is 1.29 bits per heavy atom. The summed E-state index contributed by atoms with van der Waals surface area (Å²) >= 11 is 6.02. The van der Waals surface area contributed by atoms with Gasteiger partial charge in [-0.25, -0.2) is 4.79 Å². The van der Waals surface area contributed by atoms with E-state index in [4.69, 9.17) is 32.0 Å². The first-order valence-electron chi connectivity index (χ1n) is 8.51. The van der Waals surface area contributed by atoms with Crippen molar-refractivity contribution >= 4 is 29.2 Å². The number of amides is 1. The molecular formula is C17H21ClF3N3O4. The fraction of sp³-hybridized carbons (Fsp3) is 0.529. The quantitative estimate of drug-likeness (QED) is 0.556. The van der Waals surface area contributed by atoms with Crippen LogP contribution in [0.25, 0.3) is 0 Å². The second-order valence-electron chi connectivity index (χ2n) is 6.66. The van der Waals surface area contributed by atoms with E-state index in [1.165, 1.54) is 20.0 Å². The molecule has 0 radical (unpaired) electrons. The molecule has 3 atom stereocenters. The van der Waals surface area contributed by atoms with Crippen LogP contribution in [0.5, 0.6) is 5.75 Å². The maximum absolute atomic E-state index is 12.5. The Kier molecular flexibility index (Phi) is 7.00. The number of piperidine rings is 1. The number of carboxylic acid groups (broad SMARTS) is 1. The zero-order valence-electron chi connectivity index (χ0n) is 15.0. The summed E-state index contributed by atoms with van der Waals surface area (Å²) in [5.74, 6) is -2.46. The second-order valence-corrected chi connectivity index (χ2v) is 7.06. The van der Waals surface area contributed by atoms with Crippen LogP contribution >= 0.6 is 11.6 Å². The number of nitrogens with two attached hydrogens (primary N) is 1. The Hall–Kier alpha value is -2.20. The van der Waals surface area contributed by atoms with Gasteiger partial charge in [0.15, 0.2) is 0 Å². The lowest BCUT2D eigenvalue weighted by Crippen LogP contribution is -2.48. The molecule has 0 aliphatic carbocycles. The SMILES string of the molecule is COc1cc(N)c(Cl)cc1C(=O)NC1C[C@H]2CC[C@@H](C1)N2.O=C(O)C(F)(F)F. The van der Waals surface area contributed by atoms with Crippen LogP contribution in [-0.2, 0) is 4.79 Å². The van der Waals surface area contributed by atoms with Crippen molar-refractivity contribution in [1.29, 1.82) is 0 Å². The largest absolute Gasteiger partial charge is 0.496 e. The molecule has 3 rings (SSSR count). The summed E-state index contributed by atoms with van der Waals surface area (Å²) in [5.41, 5.74) is 6.58. The van der Waals surface area contributed by atoms with Gasteiger partial charge in [-0.2, -0.15) is 13.2 Å². The van der Waals surface area contributed by atoms with Crippen LogP contribution in [-0.4, -0.2) is 48.4 Å². The van der Waals surface area contributed by atoms with E-state index in [0.717, 1.165) is 12.8 Å². The highest BCUT2D eigenvalue weighted by molar-refractivity contribution is 6.33. The zero-order chi connectivity index (χ0) is 21.1. The Morgan fingerprint density at radius 3 is 2.29 bits per heavy atom. The minimum absolute atomic E-state index is 0.153. The van der Waals surface area contributed by atoms with Gasteiger partial charge >= 0.3 is 12.1 Å². The molecule has 11 heteroatoms. The lowest BCUT2D eigenvalue weighted by atomic mass is 9.99. The van der Waals surface area contributed by atoms with Gasteiger partial charge in [-0.15, -0.1) is 0 Å². The minimum atomic E-state index is -5.08. The van der Waals surface area contributed by atoms with E-state index in [9.17, 15) is 18.0 Å². The van der Waals surface area contributed by atoms with Gasteiger partial charge in [0.25, 0.3) is 5.91 Å². The van der Waals surface area contributed by atoms with Crippen LogP contribution < -0.4 is 21.1 Å². The highest BCUT2D eigenvalue weighted by atomic mass is 35.5. The summed E-state index contributed by atoms with van der Waals surface area (Å²) in [6.07, 6.45) is -0.720. The van der Waals surface area contributed by atoms with E-state index >= 15 is 0 Å². The van der Waals surface area contributed by atoms with E-state index in [1.807, 2.05) is 0 Å². The Labute approximate surface area is 164 Å². The summed E-state index contributed by atoms with van der Waals surface area (Å²) in [4.78, 5) is 21.4. The molecule has 0 aromatic heterocycles. The summed E-state index contributed by atoms with van der Waals surface area (Å²) < 4.78 is 37.0. The summed E-state index contributed by atoms with van der Waals surface area (Å²) in [7, 11) is 1.52. The lowest BCUT2D eigenvalue weighted by Gasteiger charge is -2.29. The molecule has 2 aliphatic heterocycles. The molecule has 0 saturated carbocycles. The number of aliphatic carboxylic acids is 1. The number of methoxy groups -OCH3 is 1.